The Hall–Kier alpha value is -2.48. The number of carbonyl (C=O) groups is 1. The Morgan fingerprint density at radius 3 is 3.00 bits per heavy atom. The SMILES string of the molecule is COc1ccc(NC(=O)CCC2CCCCO2)cc1-n1nnnc1C. The van der Waals surface area contributed by atoms with Gasteiger partial charge in [0.05, 0.1) is 13.2 Å². The Kier molecular flexibility index (Phi) is 5.60. The van der Waals surface area contributed by atoms with Gasteiger partial charge in [-0.3, -0.25) is 4.79 Å². The third-order valence-electron chi connectivity index (χ3n) is 4.28. The highest BCUT2D eigenvalue weighted by Gasteiger charge is 2.16. The van der Waals surface area contributed by atoms with Crippen molar-refractivity contribution in [2.75, 3.05) is 19.0 Å². The zero-order valence-electron chi connectivity index (χ0n) is 14.6. The molecule has 2 aromatic rings. The number of carbonyl (C=O) groups excluding carboxylic acids is 1. The standard InChI is InChI=1S/C17H23N5O3/c1-12-19-20-21-22(12)15-11-13(6-8-16(15)24-2)18-17(23)9-7-14-5-3-4-10-25-14/h6,8,11,14H,3-5,7,9-10H2,1-2H3,(H,18,23). The normalized spacial score (nSPS) is 17.3. The molecule has 1 unspecified atom stereocenters. The first-order valence-electron chi connectivity index (χ1n) is 8.52. The van der Waals surface area contributed by atoms with Gasteiger partial charge in [0.25, 0.3) is 0 Å². The molecule has 1 saturated heterocycles. The molecule has 8 nitrogen and oxygen atoms in total. The quantitative estimate of drug-likeness (QED) is 0.863. The van der Waals surface area contributed by atoms with Gasteiger partial charge in [-0.15, -0.1) is 5.10 Å². The molecule has 1 N–H and O–H groups in total. The summed E-state index contributed by atoms with van der Waals surface area (Å²) in [5.74, 6) is 1.24. The summed E-state index contributed by atoms with van der Waals surface area (Å²) >= 11 is 0. The molecule has 0 bridgehead atoms. The van der Waals surface area contributed by atoms with E-state index in [0.717, 1.165) is 25.9 Å². The molecule has 0 aliphatic carbocycles. The van der Waals surface area contributed by atoms with E-state index in [9.17, 15) is 4.79 Å². The number of benzene rings is 1. The minimum Gasteiger partial charge on any atom is -0.494 e. The highest BCUT2D eigenvalue weighted by Crippen LogP contribution is 2.26. The van der Waals surface area contributed by atoms with Crippen molar-refractivity contribution in [2.24, 2.45) is 0 Å². The van der Waals surface area contributed by atoms with Gasteiger partial charge in [0, 0.05) is 18.7 Å². The number of aromatic nitrogens is 4. The first-order valence-corrected chi connectivity index (χ1v) is 8.52. The van der Waals surface area contributed by atoms with Gasteiger partial charge in [-0.1, -0.05) is 0 Å². The molecule has 134 valence electrons. The molecule has 8 heteroatoms. The molecule has 1 amide bonds. The summed E-state index contributed by atoms with van der Waals surface area (Å²) in [6.07, 6.45) is 4.73. The van der Waals surface area contributed by atoms with Gasteiger partial charge in [-0.25, -0.2) is 0 Å². The molecule has 2 heterocycles. The molecular weight excluding hydrogens is 322 g/mol. The van der Waals surface area contributed by atoms with Gasteiger partial charge >= 0.3 is 0 Å². The second-order valence-corrected chi connectivity index (χ2v) is 6.10. The predicted octanol–water partition coefficient (Wildman–Crippen LogP) is 2.27. The summed E-state index contributed by atoms with van der Waals surface area (Å²) in [6.45, 7) is 2.61. The molecule has 1 atom stereocenters. The van der Waals surface area contributed by atoms with Gasteiger partial charge in [0.2, 0.25) is 5.91 Å². The minimum atomic E-state index is -0.0290. The number of aryl methyl sites for hydroxylation is 1. The summed E-state index contributed by atoms with van der Waals surface area (Å²) in [5, 5.41) is 14.4. The number of nitrogens with one attached hydrogen (secondary N) is 1. The van der Waals surface area contributed by atoms with Crippen LogP contribution in [0.25, 0.3) is 5.69 Å². The lowest BCUT2D eigenvalue weighted by molar-refractivity contribution is -0.117. The van der Waals surface area contributed by atoms with Crippen LogP contribution < -0.4 is 10.1 Å². The van der Waals surface area contributed by atoms with Crippen molar-refractivity contribution in [1.29, 1.82) is 0 Å². The van der Waals surface area contributed by atoms with Gasteiger partial charge in [0.1, 0.15) is 11.4 Å². The number of methoxy groups -OCH3 is 1. The highest BCUT2D eigenvalue weighted by atomic mass is 16.5. The first kappa shape index (κ1) is 17.3. The highest BCUT2D eigenvalue weighted by molar-refractivity contribution is 5.91. The summed E-state index contributed by atoms with van der Waals surface area (Å²) in [4.78, 5) is 12.2. The van der Waals surface area contributed by atoms with E-state index in [1.807, 2.05) is 0 Å². The van der Waals surface area contributed by atoms with E-state index in [1.165, 1.54) is 6.42 Å². The molecule has 0 saturated carbocycles. The van der Waals surface area contributed by atoms with Crippen molar-refractivity contribution < 1.29 is 14.3 Å². The van der Waals surface area contributed by atoms with Crippen LogP contribution in [0.15, 0.2) is 18.2 Å². The zero-order chi connectivity index (χ0) is 17.6. The Labute approximate surface area is 146 Å². The fourth-order valence-electron chi connectivity index (χ4n) is 2.94. The van der Waals surface area contributed by atoms with Crippen LogP contribution in [0.5, 0.6) is 5.75 Å². The van der Waals surface area contributed by atoms with Gasteiger partial charge < -0.3 is 14.8 Å². The molecule has 3 rings (SSSR count). The second-order valence-electron chi connectivity index (χ2n) is 6.10. The molecule has 1 aromatic heterocycles. The van der Waals surface area contributed by atoms with Crippen molar-refractivity contribution in [2.45, 2.75) is 45.1 Å². The topological polar surface area (TPSA) is 91.2 Å². The van der Waals surface area contributed by atoms with Crippen molar-refractivity contribution >= 4 is 11.6 Å². The van der Waals surface area contributed by atoms with E-state index in [0.29, 0.717) is 29.4 Å². The maximum absolute atomic E-state index is 12.2. The number of nitrogens with zero attached hydrogens (tertiary/aromatic N) is 4. The summed E-state index contributed by atoms with van der Waals surface area (Å²) in [5.41, 5.74) is 1.36. The van der Waals surface area contributed by atoms with Crippen LogP contribution in [0.2, 0.25) is 0 Å². The first-order chi connectivity index (χ1) is 12.2. The van der Waals surface area contributed by atoms with Crippen LogP contribution in [0.1, 0.15) is 37.9 Å². The monoisotopic (exact) mass is 345 g/mol. The van der Waals surface area contributed by atoms with Crippen LogP contribution in [-0.2, 0) is 9.53 Å². The summed E-state index contributed by atoms with van der Waals surface area (Å²) in [6, 6.07) is 5.39. The van der Waals surface area contributed by atoms with E-state index in [-0.39, 0.29) is 12.0 Å². The van der Waals surface area contributed by atoms with Crippen molar-refractivity contribution in [3.63, 3.8) is 0 Å². The zero-order valence-corrected chi connectivity index (χ0v) is 14.6. The molecule has 0 radical (unpaired) electrons. The maximum atomic E-state index is 12.2. The van der Waals surface area contributed by atoms with Crippen LogP contribution in [-0.4, -0.2) is 45.9 Å². The smallest absolute Gasteiger partial charge is 0.224 e. The molecule has 0 spiro atoms. The third kappa shape index (κ3) is 4.33. The average molecular weight is 345 g/mol. The van der Waals surface area contributed by atoms with Crippen molar-refractivity contribution in [1.82, 2.24) is 20.2 Å². The number of ether oxygens (including phenoxy) is 2. The van der Waals surface area contributed by atoms with E-state index in [4.69, 9.17) is 9.47 Å². The van der Waals surface area contributed by atoms with Crippen LogP contribution in [0.3, 0.4) is 0 Å². The number of tetrazole rings is 1. The largest absolute Gasteiger partial charge is 0.494 e. The third-order valence-corrected chi connectivity index (χ3v) is 4.28. The minimum absolute atomic E-state index is 0.0290. The Morgan fingerprint density at radius 2 is 2.32 bits per heavy atom. The molecular formula is C17H23N5O3. The fourth-order valence-corrected chi connectivity index (χ4v) is 2.94. The van der Waals surface area contributed by atoms with Gasteiger partial charge in [-0.2, -0.15) is 4.68 Å². The Bertz CT molecular complexity index is 725. The van der Waals surface area contributed by atoms with Crippen LogP contribution in [0, 0.1) is 6.92 Å². The number of rotatable bonds is 6. The fraction of sp³-hybridized carbons (Fsp3) is 0.529. The van der Waals surface area contributed by atoms with Gasteiger partial charge in [-0.05, 0) is 61.2 Å². The summed E-state index contributed by atoms with van der Waals surface area (Å²) < 4.78 is 12.6. The molecule has 1 aliphatic heterocycles. The number of hydrogen-bond acceptors (Lipinski definition) is 6. The lowest BCUT2D eigenvalue weighted by Crippen LogP contribution is -2.21. The average Bonchev–Trinajstić information content (AvgIpc) is 3.06. The van der Waals surface area contributed by atoms with Crippen LogP contribution >= 0.6 is 0 Å². The second kappa shape index (κ2) is 8.06. The van der Waals surface area contributed by atoms with Crippen LogP contribution in [0.4, 0.5) is 5.69 Å². The van der Waals surface area contributed by atoms with E-state index >= 15 is 0 Å². The number of amides is 1. The molecule has 1 fully saturated rings. The van der Waals surface area contributed by atoms with Crippen molar-refractivity contribution in [3.8, 4) is 11.4 Å². The molecule has 1 aromatic carbocycles. The molecule has 1 aliphatic rings. The lowest BCUT2D eigenvalue weighted by atomic mass is 10.0. The number of hydrogen-bond donors (Lipinski definition) is 1. The Morgan fingerprint density at radius 1 is 1.44 bits per heavy atom. The van der Waals surface area contributed by atoms with E-state index in [2.05, 4.69) is 20.8 Å². The van der Waals surface area contributed by atoms with Gasteiger partial charge in [0.15, 0.2) is 5.82 Å². The summed E-state index contributed by atoms with van der Waals surface area (Å²) in [7, 11) is 1.58. The number of anilines is 1. The van der Waals surface area contributed by atoms with Crippen molar-refractivity contribution in [3.05, 3.63) is 24.0 Å². The Balaban J connectivity index is 1.66. The lowest BCUT2D eigenvalue weighted by Gasteiger charge is -2.22. The molecule has 25 heavy (non-hydrogen) atoms. The maximum Gasteiger partial charge on any atom is 0.224 e. The van der Waals surface area contributed by atoms with E-state index < -0.39 is 0 Å². The predicted molar refractivity (Wildman–Crippen MR) is 91.9 cm³/mol. The van der Waals surface area contributed by atoms with E-state index in [1.54, 1.807) is 36.9 Å².